The predicted octanol–water partition coefficient (Wildman–Crippen LogP) is 4.85. The van der Waals surface area contributed by atoms with E-state index in [2.05, 4.69) is 19.9 Å². The Kier molecular flexibility index (Phi) is 5.57. The van der Waals surface area contributed by atoms with Crippen molar-refractivity contribution in [3.8, 4) is 17.1 Å². The van der Waals surface area contributed by atoms with Gasteiger partial charge in [0.25, 0.3) is 0 Å². The van der Waals surface area contributed by atoms with E-state index < -0.39 is 52.0 Å². The number of fused-ring (bicyclic) bond motifs is 1. The predicted molar refractivity (Wildman–Crippen MR) is 117 cm³/mol. The van der Waals surface area contributed by atoms with Gasteiger partial charge in [0.15, 0.2) is 5.82 Å². The van der Waals surface area contributed by atoms with Crippen LogP contribution >= 0.6 is 0 Å². The van der Waals surface area contributed by atoms with Crippen LogP contribution in [-0.4, -0.2) is 32.8 Å². The summed E-state index contributed by atoms with van der Waals surface area (Å²) in [5.41, 5.74) is 6.50. The number of halogens is 5. The summed E-state index contributed by atoms with van der Waals surface area (Å²) in [6, 6.07) is 0.699. The van der Waals surface area contributed by atoms with E-state index in [0.717, 1.165) is 19.7 Å². The van der Waals surface area contributed by atoms with Crippen molar-refractivity contribution in [1.82, 2.24) is 15.0 Å². The maximum atomic E-state index is 15.5. The van der Waals surface area contributed by atoms with Crippen LogP contribution in [0.3, 0.4) is 0 Å². The van der Waals surface area contributed by atoms with E-state index in [1.165, 1.54) is 0 Å². The molecule has 4 rings (SSSR count). The summed E-state index contributed by atoms with van der Waals surface area (Å²) in [5.74, 6) is -2.86. The molecular formula is C22H21F5N6O. The van der Waals surface area contributed by atoms with Gasteiger partial charge in [0.1, 0.15) is 34.6 Å². The number of alkyl halides is 3. The van der Waals surface area contributed by atoms with Gasteiger partial charge in [0.05, 0.1) is 22.9 Å². The van der Waals surface area contributed by atoms with Gasteiger partial charge in [-0.25, -0.2) is 23.7 Å². The zero-order valence-electron chi connectivity index (χ0n) is 18.5. The Morgan fingerprint density at radius 1 is 1.18 bits per heavy atom. The second-order valence-corrected chi connectivity index (χ2v) is 8.53. The molecule has 2 atom stereocenters. The van der Waals surface area contributed by atoms with Crippen LogP contribution in [0.15, 0.2) is 17.4 Å². The molecule has 0 saturated heterocycles. The highest BCUT2D eigenvalue weighted by molar-refractivity contribution is 5.95. The van der Waals surface area contributed by atoms with Crippen molar-refractivity contribution in [2.45, 2.75) is 51.4 Å². The lowest BCUT2D eigenvalue weighted by Crippen LogP contribution is -2.35. The van der Waals surface area contributed by atoms with Crippen molar-refractivity contribution in [1.29, 1.82) is 0 Å². The first kappa shape index (κ1) is 23.6. The first-order valence-corrected chi connectivity index (χ1v) is 10.3. The third kappa shape index (κ3) is 3.97. The summed E-state index contributed by atoms with van der Waals surface area (Å²) in [6.45, 7) is 4.55. The number of nitrogen functional groups attached to an aromatic ring is 2. The minimum Gasteiger partial charge on any atom is -0.474 e. The minimum atomic E-state index is -5.02. The molecule has 4 N–H and O–H groups in total. The standard InChI is InChI=1S/C22H21F5N6O/c1-9(7-21(3)4-5-32-21)34-20-13-18(30-8-31-19(13)29)16(24)17(33-20)11-6-12(28)15(23)10(2)14(11)22(25,26)27/h5-6,8-9H,4,7,28H2,1-3H3,(H2,29,30,31). The molecule has 1 aliphatic heterocycles. The largest absolute Gasteiger partial charge is 0.474 e. The van der Waals surface area contributed by atoms with Gasteiger partial charge in [-0.1, -0.05) is 0 Å². The number of hydrogen-bond donors (Lipinski definition) is 2. The summed E-state index contributed by atoms with van der Waals surface area (Å²) >= 11 is 0. The normalized spacial score (nSPS) is 18.7. The maximum Gasteiger partial charge on any atom is 0.417 e. The topological polar surface area (TPSA) is 112 Å². The Bertz CT molecular complexity index is 1330. The van der Waals surface area contributed by atoms with Crippen molar-refractivity contribution < 1.29 is 26.7 Å². The number of hydrogen-bond acceptors (Lipinski definition) is 7. The summed E-state index contributed by atoms with van der Waals surface area (Å²) < 4.78 is 77.4. The lowest BCUT2D eigenvalue weighted by Gasteiger charge is -2.32. The van der Waals surface area contributed by atoms with Crippen molar-refractivity contribution in [2.75, 3.05) is 11.5 Å². The van der Waals surface area contributed by atoms with Gasteiger partial charge in [-0.2, -0.15) is 13.2 Å². The SMILES string of the molecule is Cc1c(F)c(N)cc(-c2nc(OC(C)CC3(C)CC=N3)c3c(N)ncnc3c2F)c1C(F)(F)F. The third-order valence-corrected chi connectivity index (χ3v) is 5.76. The quantitative estimate of drug-likeness (QED) is 0.399. The van der Waals surface area contributed by atoms with Crippen molar-refractivity contribution in [2.24, 2.45) is 4.99 Å². The molecule has 1 aromatic carbocycles. The van der Waals surface area contributed by atoms with Crippen LogP contribution in [0.2, 0.25) is 0 Å². The molecule has 12 heteroatoms. The molecule has 7 nitrogen and oxygen atoms in total. The molecule has 2 unspecified atom stereocenters. The highest BCUT2D eigenvalue weighted by atomic mass is 19.4. The second kappa shape index (κ2) is 8.03. The molecular weight excluding hydrogens is 459 g/mol. The van der Waals surface area contributed by atoms with E-state index in [-0.39, 0.29) is 28.1 Å². The summed E-state index contributed by atoms with van der Waals surface area (Å²) in [7, 11) is 0. The molecule has 180 valence electrons. The third-order valence-electron chi connectivity index (χ3n) is 5.76. The van der Waals surface area contributed by atoms with Crippen LogP contribution in [0.25, 0.3) is 22.2 Å². The Morgan fingerprint density at radius 2 is 1.85 bits per heavy atom. The molecule has 0 saturated carbocycles. The lowest BCUT2D eigenvalue weighted by atomic mass is 9.88. The smallest absolute Gasteiger partial charge is 0.417 e. The van der Waals surface area contributed by atoms with Gasteiger partial charge < -0.3 is 16.2 Å². The van der Waals surface area contributed by atoms with E-state index in [4.69, 9.17) is 16.2 Å². The van der Waals surface area contributed by atoms with Crippen molar-refractivity contribution in [3.63, 3.8) is 0 Å². The Balaban J connectivity index is 1.95. The fourth-order valence-electron chi connectivity index (χ4n) is 4.12. The van der Waals surface area contributed by atoms with Gasteiger partial charge in [0.2, 0.25) is 5.88 Å². The molecule has 2 aromatic heterocycles. The Hall–Kier alpha value is -3.57. The van der Waals surface area contributed by atoms with E-state index in [1.54, 1.807) is 13.1 Å². The van der Waals surface area contributed by atoms with Crippen LogP contribution in [0.5, 0.6) is 5.88 Å². The molecule has 3 heterocycles. The fourth-order valence-corrected chi connectivity index (χ4v) is 4.12. The highest BCUT2D eigenvalue weighted by Gasteiger charge is 2.39. The number of aliphatic imine (C=N–C) groups is 1. The minimum absolute atomic E-state index is 0.0850. The summed E-state index contributed by atoms with van der Waals surface area (Å²) in [4.78, 5) is 16.0. The number of nitrogens with zero attached hydrogens (tertiary/aromatic N) is 4. The molecule has 0 amide bonds. The molecule has 0 bridgehead atoms. The van der Waals surface area contributed by atoms with Gasteiger partial charge in [-0.15, -0.1) is 0 Å². The molecule has 0 aliphatic carbocycles. The zero-order valence-corrected chi connectivity index (χ0v) is 18.5. The first-order valence-electron chi connectivity index (χ1n) is 10.3. The molecule has 0 fully saturated rings. The Labute approximate surface area is 191 Å². The number of benzene rings is 1. The lowest BCUT2D eigenvalue weighted by molar-refractivity contribution is -0.137. The van der Waals surface area contributed by atoms with Crippen molar-refractivity contribution in [3.05, 3.63) is 35.2 Å². The van der Waals surface area contributed by atoms with Crippen LogP contribution in [0.4, 0.5) is 33.5 Å². The van der Waals surface area contributed by atoms with Gasteiger partial charge >= 0.3 is 6.18 Å². The molecule has 1 aliphatic rings. The fraction of sp³-hybridized carbons (Fsp3) is 0.364. The highest BCUT2D eigenvalue weighted by Crippen LogP contribution is 2.44. The monoisotopic (exact) mass is 480 g/mol. The number of rotatable bonds is 5. The van der Waals surface area contributed by atoms with Gasteiger partial charge in [0, 0.05) is 24.6 Å². The molecule has 3 aromatic rings. The number of aromatic nitrogens is 3. The molecule has 0 spiro atoms. The van der Waals surface area contributed by atoms with Crippen LogP contribution < -0.4 is 16.2 Å². The maximum absolute atomic E-state index is 15.5. The van der Waals surface area contributed by atoms with E-state index in [1.807, 2.05) is 6.92 Å². The number of ether oxygens (including phenoxy) is 1. The number of pyridine rings is 1. The molecule has 0 radical (unpaired) electrons. The summed E-state index contributed by atoms with van der Waals surface area (Å²) in [6.07, 6.45) is -1.61. The van der Waals surface area contributed by atoms with Crippen LogP contribution in [-0.2, 0) is 6.18 Å². The average molecular weight is 480 g/mol. The first-order chi connectivity index (χ1) is 15.8. The van der Waals surface area contributed by atoms with Crippen LogP contribution in [0.1, 0.15) is 37.8 Å². The van der Waals surface area contributed by atoms with Crippen LogP contribution in [0, 0.1) is 18.6 Å². The Morgan fingerprint density at radius 3 is 2.44 bits per heavy atom. The van der Waals surface area contributed by atoms with Crippen molar-refractivity contribution >= 4 is 28.6 Å². The van der Waals surface area contributed by atoms with Gasteiger partial charge in [-0.3, -0.25) is 4.99 Å². The second-order valence-electron chi connectivity index (χ2n) is 8.53. The zero-order chi connectivity index (χ0) is 25.0. The number of nitrogens with two attached hydrogens (primary N) is 2. The summed E-state index contributed by atoms with van der Waals surface area (Å²) in [5, 5.41) is -0.0850. The number of anilines is 2. The van der Waals surface area contributed by atoms with E-state index in [0.29, 0.717) is 12.5 Å². The average Bonchev–Trinajstić information content (AvgIpc) is 2.71. The van der Waals surface area contributed by atoms with Gasteiger partial charge in [-0.05, 0) is 32.4 Å². The van der Waals surface area contributed by atoms with E-state index in [9.17, 15) is 17.6 Å². The van der Waals surface area contributed by atoms with E-state index >= 15 is 4.39 Å². The molecule has 34 heavy (non-hydrogen) atoms.